The van der Waals surface area contributed by atoms with Gasteiger partial charge in [-0.2, -0.15) is 0 Å². The Morgan fingerprint density at radius 1 is 0.774 bits per heavy atom. The molecule has 10 heteroatoms. The molecule has 0 bridgehead atoms. The molecule has 2 aromatic carbocycles. The van der Waals surface area contributed by atoms with Gasteiger partial charge >= 0.3 is 11.9 Å². The van der Waals surface area contributed by atoms with Crippen LogP contribution in [-0.4, -0.2) is 54.5 Å². The first-order valence-corrected chi connectivity index (χ1v) is 18.9. The highest BCUT2D eigenvalue weighted by molar-refractivity contribution is 9.10. The monoisotopic (exact) mass is 772 g/mol. The number of hydrogen-bond acceptors (Lipinski definition) is 5. The zero-order valence-electron chi connectivity index (χ0n) is 29.8. The fourth-order valence-electron chi connectivity index (χ4n) is 7.51. The van der Waals surface area contributed by atoms with E-state index < -0.39 is 11.9 Å². The van der Waals surface area contributed by atoms with Gasteiger partial charge in [-0.1, -0.05) is 6.08 Å². The summed E-state index contributed by atoms with van der Waals surface area (Å²) in [5, 5.41) is 21.6. The number of aromatic nitrogens is 4. The summed E-state index contributed by atoms with van der Waals surface area (Å²) in [6.45, 7) is 1.37. The molecule has 270 valence electrons. The van der Waals surface area contributed by atoms with Crippen molar-refractivity contribution in [2.45, 2.75) is 56.8 Å². The molecule has 0 spiro atoms. The van der Waals surface area contributed by atoms with Crippen LogP contribution in [0.3, 0.4) is 0 Å². The summed E-state index contributed by atoms with van der Waals surface area (Å²) in [5.74, 6) is -0.815. The van der Waals surface area contributed by atoms with Crippen LogP contribution in [0.4, 0.5) is 0 Å². The van der Waals surface area contributed by atoms with Gasteiger partial charge in [-0.3, -0.25) is 9.97 Å². The fourth-order valence-corrected chi connectivity index (χ4v) is 8.31. The summed E-state index contributed by atoms with van der Waals surface area (Å²) in [5.41, 5.74) is 11.0. The number of hydrogen-bond donors (Lipinski definition) is 2. The van der Waals surface area contributed by atoms with E-state index in [1.807, 2.05) is 37.8 Å². The smallest absolute Gasteiger partial charge is 0.337 e. The zero-order valence-corrected chi connectivity index (χ0v) is 31.4. The third kappa shape index (κ3) is 7.43. The number of carboxylic acid groups (broad SMARTS) is 2. The van der Waals surface area contributed by atoms with Crippen LogP contribution in [-0.2, 0) is 31.7 Å². The summed E-state index contributed by atoms with van der Waals surface area (Å²) in [6, 6.07) is 16.3. The van der Waals surface area contributed by atoms with Crippen molar-refractivity contribution in [3.8, 4) is 0 Å². The molecular formula is C43H41BrN4O5. The first-order chi connectivity index (χ1) is 25.6. The first kappa shape index (κ1) is 35.0. The quantitative estimate of drug-likeness (QED) is 0.151. The number of ether oxygens (including phenoxy) is 1. The summed E-state index contributed by atoms with van der Waals surface area (Å²) < 4.78 is 10.7. The average Bonchev–Trinajstić information content (AvgIpc) is 4.09. The van der Waals surface area contributed by atoms with E-state index in [1.54, 1.807) is 6.07 Å². The number of pyridine rings is 2. The number of benzene rings is 2. The van der Waals surface area contributed by atoms with Crippen LogP contribution in [0.2, 0.25) is 0 Å². The molecule has 9 nitrogen and oxygen atoms in total. The maximum absolute atomic E-state index is 11.9. The van der Waals surface area contributed by atoms with Gasteiger partial charge < -0.3 is 24.1 Å². The van der Waals surface area contributed by atoms with Gasteiger partial charge in [0.15, 0.2) is 0 Å². The van der Waals surface area contributed by atoms with Crippen molar-refractivity contribution in [1.29, 1.82) is 0 Å². The van der Waals surface area contributed by atoms with Crippen molar-refractivity contribution < 1.29 is 24.5 Å². The lowest BCUT2D eigenvalue weighted by Gasteiger charge is -2.17. The van der Waals surface area contributed by atoms with Crippen LogP contribution in [0.5, 0.6) is 0 Å². The molecule has 2 fully saturated rings. The third-order valence-corrected chi connectivity index (χ3v) is 11.2. The van der Waals surface area contributed by atoms with Crippen LogP contribution in [0.1, 0.15) is 104 Å². The molecule has 2 N–H and O–H groups in total. The molecule has 5 heterocycles. The minimum absolute atomic E-state index is 0.323. The maximum Gasteiger partial charge on any atom is 0.337 e. The van der Waals surface area contributed by atoms with E-state index in [-0.39, 0.29) is 0 Å². The van der Waals surface area contributed by atoms with Crippen molar-refractivity contribution in [1.82, 2.24) is 19.1 Å². The van der Waals surface area contributed by atoms with Gasteiger partial charge in [0.25, 0.3) is 0 Å². The van der Waals surface area contributed by atoms with Gasteiger partial charge in [-0.05, 0) is 136 Å². The number of nitrogens with zero attached hydrogens (tertiary/aromatic N) is 4. The predicted octanol–water partition coefficient (Wildman–Crippen LogP) is 9.05. The van der Waals surface area contributed by atoms with Crippen LogP contribution in [0, 0.1) is 0 Å². The summed E-state index contributed by atoms with van der Waals surface area (Å²) in [6.07, 6.45) is 16.4. The molecule has 1 aliphatic heterocycles. The minimum Gasteiger partial charge on any atom is -0.478 e. The lowest BCUT2D eigenvalue weighted by molar-refractivity contribution is 0.0684. The molecule has 53 heavy (non-hydrogen) atoms. The van der Waals surface area contributed by atoms with Gasteiger partial charge in [-0.25, -0.2) is 9.59 Å². The number of carboxylic acids is 2. The Balaban J connectivity index is 0.000000154. The highest BCUT2D eigenvalue weighted by atomic mass is 79.9. The SMILES string of the molecule is Cn1ccc2cc(Cc3ncc(C4CC4)cc3C(=O)O)cc(Br)c21.Cn1ccc2cc(Cc3ncc(C4CC4)cc3C(=O)O)cc(C3=CCOCC3)c21. The van der Waals surface area contributed by atoms with E-state index in [1.165, 1.54) is 22.0 Å². The minimum atomic E-state index is -0.903. The Labute approximate surface area is 316 Å². The molecule has 0 unspecified atom stereocenters. The number of halogens is 1. The predicted molar refractivity (Wildman–Crippen MR) is 209 cm³/mol. The zero-order chi connectivity index (χ0) is 36.8. The second-order valence-corrected chi connectivity index (χ2v) is 15.4. The van der Waals surface area contributed by atoms with E-state index in [2.05, 4.69) is 84.7 Å². The molecule has 3 aliphatic rings. The van der Waals surface area contributed by atoms with E-state index in [9.17, 15) is 19.8 Å². The molecule has 0 amide bonds. The summed E-state index contributed by atoms with van der Waals surface area (Å²) in [4.78, 5) is 32.5. The van der Waals surface area contributed by atoms with E-state index >= 15 is 0 Å². The Morgan fingerprint density at radius 3 is 1.81 bits per heavy atom. The van der Waals surface area contributed by atoms with Crippen LogP contribution < -0.4 is 0 Å². The van der Waals surface area contributed by atoms with Gasteiger partial charge in [0.1, 0.15) is 0 Å². The fraction of sp³-hybridized carbons (Fsp3) is 0.302. The number of aryl methyl sites for hydroxylation is 2. The van der Waals surface area contributed by atoms with Gasteiger partial charge in [-0.15, -0.1) is 0 Å². The van der Waals surface area contributed by atoms with Crippen LogP contribution in [0.25, 0.3) is 27.4 Å². The van der Waals surface area contributed by atoms with E-state index in [0.29, 0.717) is 53.8 Å². The summed E-state index contributed by atoms with van der Waals surface area (Å²) in [7, 11) is 4.07. The molecule has 0 atom stereocenters. The highest BCUT2D eigenvalue weighted by Crippen LogP contribution is 2.41. The summed E-state index contributed by atoms with van der Waals surface area (Å²) >= 11 is 3.62. The van der Waals surface area contributed by atoms with Crippen molar-refractivity contribution in [3.63, 3.8) is 0 Å². The van der Waals surface area contributed by atoms with E-state index in [4.69, 9.17) is 4.74 Å². The molecule has 6 aromatic rings. The Kier molecular flexibility index (Phi) is 9.51. The second-order valence-electron chi connectivity index (χ2n) is 14.5. The normalized spacial score (nSPS) is 15.6. The highest BCUT2D eigenvalue weighted by Gasteiger charge is 2.27. The standard InChI is InChI=1S/C24H24N2O3.C19H17BrN2O2/c1-26-7-4-18-10-15(11-20(23(18)26)17-5-8-29-9-6-17)12-22-21(24(27)28)13-19(14-25-22)16-2-3-16;1-22-5-4-13-6-11(7-16(20)18(13)22)8-17-15(19(23)24)9-14(10-21-17)12-2-3-12/h4-5,7,10-11,13-14,16H,2-3,6,8-9,12H2,1H3,(H,27,28);4-7,9-10,12H,2-3,8H2,1H3,(H,23,24). The van der Waals surface area contributed by atoms with Crippen molar-refractivity contribution in [2.75, 3.05) is 13.2 Å². The molecule has 2 saturated carbocycles. The van der Waals surface area contributed by atoms with Gasteiger partial charge in [0.05, 0.1) is 46.8 Å². The Morgan fingerprint density at radius 2 is 1.30 bits per heavy atom. The topological polar surface area (TPSA) is 119 Å². The second kappa shape index (κ2) is 14.4. The Bertz CT molecular complexity index is 2430. The number of rotatable bonds is 9. The molecule has 4 aromatic heterocycles. The number of carbonyl (C=O) groups is 2. The Hall–Kier alpha value is -5.06. The third-order valence-electron chi connectivity index (χ3n) is 10.6. The molecular weight excluding hydrogens is 732 g/mol. The first-order valence-electron chi connectivity index (χ1n) is 18.2. The maximum atomic E-state index is 11.9. The average molecular weight is 774 g/mol. The van der Waals surface area contributed by atoms with Crippen molar-refractivity contribution in [2.24, 2.45) is 14.1 Å². The number of fused-ring (bicyclic) bond motifs is 2. The molecule has 9 rings (SSSR count). The van der Waals surface area contributed by atoms with Crippen molar-refractivity contribution in [3.05, 3.63) is 134 Å². The number of aromatic carboxylic acids is 2. The van der Waals surface area contributed by atoms with Crippen LogP contribution >= 0.6 is 15.9 Å². The largest absolute Gasteiger partial charge is 0.478 e. The molecule has 0 radical (unpaired) electrons. The van der Waals surface area contributed by atoms with Gasteiger partial charge in [0.2, 0.25) is 0 Å². The van der Waals surface area contributed by atoms with E-state index in [0.717, 1.165) is 76.3 Å². The van der Waals surface area contributed by atoms with Crippen molar-refractivity contribution >= 4 is 55.2 Å². The molecule has 0 saturated heterocycles. The van der Waals surface area contributed by atoms with Gasteiger partial charge in [0, 0.05) is 72.5 Å². The van der Waals surface area contributed by atoms with Crippen LogP contribution in [0.15, 0.2) is 83.9 Å². The lowest BCUT2D eigenvalue weighted by atomic mass is 9.94. The lowest BCUT2D eigenvalue weighted by Crippen LogP contribution is -2.08. The molecule has 2 aliphatic carbocycles.